The molecule has 1 atom stereocenters. The molecule has 0 bridgehead atoms. The topological polar surface area (TPSA) is 17.1 Å². The number of allylic oxidation sites excluding steroid dienone is 2. The fourth-order valence-electron chi connectivity index (χ4n) is 1.09. The summed E-state index contributed by atoms with van der Waals surface area (Å²) in [6.45, 7) is 6.03. The van der Waals surface area contributed by atoms with Gasteiger partial charge in [-0.05, 0) is 19.3 Å². The van der Waals surface area contributed by atoms with Crippen molar-refractivity contribution in [2.45, 2.75) is 46.5 Å². The van der Waals surface area contributed by atoms with Crippen molar-refractivity contribution < 1.29 is 4.79 Å². The Labute approximate surface area is 75.9 Å². The van der Waals surface area contributed by atoms with E-state index < -0.39 is 0 Å². The highest BCUT2D eigenvalue weighted by Gasteiger charge is 1.95. The van der Waals surface area contributed by atoms with E-state index in [0.29, 0.717) is 12.3 Å². The Morgan fingerprint density at radius 1 is 1.50 bits per heavy atom. The van der Waals surface area contributed by atoms with Crippen molar-refractivity contribution in [3.05, 3.63) is 12.2 Å². The molecule has 0 aliphatic heterocycles. The second-order valence-corrected chi connectivity index (χ2v) is 3.45. The van der Waals surface area contributed by atoms with E-state index in [4.69, 9.17) is 0 Å². The lowest BCUT2D eigenvalue weighted by atomic mass is 10.0. The lowest BCUT2D eigenvalue weighted by Crippen LogP contribution is -1.90. The Morgan fingerprint density at radius 2 is 2.17 bits per heavy atom. The molecule has 0 aromatic carbocycles. The van der Waals surface area contributed by atoms with Crippen molar-refractivity contribution >= 4 is 5.78 Å². The van der Waals surface area contributed by atoms with Gasteiger partial charge in [-0.3, -0.25) is 4.79 Å². The molecule has 0 radical (unpaired) electrons. The van der Waals surface area contributed by atoms with E-state index in [-0.39, 0.29) is 5.78 Å². The van der Waals surface area contributed by atoms with Gasteiger partial charge in [0.05, 0.1) is 0 Å². The third-order valence-electron chi connectivity index (χ3n) is 1.88. The summed E-state index contributed by atoms with van der Waals surface area (Å²) in [5.41, 5.74) is 0. The summed E-state index contributed by atoms with van der Waals surface area (Å²) < 4.78 is 0. The lowest BCUT2D eigenvalue weighted by molar-refractivity contribution is -0.116. The molecule has 70 valence electrons. The first-order valence-corrected chi connectivity index (χ1v) is 4.83. The van der Waals surface area contributed by atoms with Crippen molar-refractivity contribution in [3.63, 3.8) is 0 Å². The van der Waals surface area contributed by atoms with Gasteiger partial charge < -0.3 is 0 Å². The van der Waals surface area contributed by atoms with Crippen molar-refractivity contribution in [2.24, 2.45) is 5.92 Å². The molecule has 0 rings (SSSR count). The standard InChI is InChI=1S/C11H20O/c1-4-5-7-10(2)8-6-9-11(3)12/h6,8,10H,4-5,7,9H2,1-3H3. The summed E-state index contributed by atoms with van der Waals surface area (Å²) in [5.74, 6) is 0.873. The molecular weight excluding hydrogens is 148 g/mol. The minimum absolute atomic E-state index is 0.244. The predicted molar refractivity (Wildman–Crippen MR) is 53.1 cm³/mol. The predicted octanol–water partition coefficient (Wildman–Crippen LogP) is 3.35. The van der Waals surface area contributed by atoms with Gasteiger partial charge in [0.1, 0.15) is 5.78 Å². The maximum absolute atomic E-state index is 10.6. The van der Waals surface area contributed by atoms with Gasteiger partial charge >= 0.3 is 0 Å². The van der Waals surface area contributed by atoms with Crippen LogP contribution in [0.3, 0.4) is 0 Å². The molecule has 12 heavy (non-hydrogen) atoms. The second-order valence-electron chi connectivity index (χ2n) is 3.45. The molecule has 0 amide bonds. The number of hydrogen-bond acceptors (Lipinski definition) is 1. The van der Waals surface area contributed by atoms with Crippen LogP contribution < -0.4 is 0 Å². The Morgan fingerprint density at radius 3 is 2.67 bits per heavy atom. The van der Waals surface area contributed by atoms with Gasteiger partial charge in [-0.2, -0.15) is 0 Å². The van der Waals surface area contributed by atoms with Gasteiger partial charge in [0.2, 0.25) is 0 Å². The fourth-order valence-corrected chi connectivity index (χ4v) is 1.09. The zero-order valence-electron chi connectivity index (χ0n) is 8.47. The Hall–Kier alpha value is -0.590. The second kappa shape index (κ2) is 7.08. The fraction of sp³-hybridized carbons (Fsp3) is 0.727. The van der Waals surface area contributed by atoms with Crippen LogP contribution in [0.5, 0.6) is 0 Å². The molecule has 1 nitrogen and oxygen atoms in total. The van der Waals surface area contributed by atoms with Crippen LogP contribution in [-0.2, 0) is 4.79 Å². The van der Waals surface area contributed by atoms with Crippen LogP contribution in [0.25, 0.3) is 0 Å². The number of Topliss-reactive ketones (excluding diaryl/α,β-unsaturated/α-hetero) is 1. The SMILES string of the molecule is CCCCC(C)C=CCC(C)=O. The molecule has 0 aromatic rings. The molecule has 0 fully saturated rings. The number of hydrogen-bond donors (Lipinski definition) is 0. The number of unbranched alkanes of at least 4 members (excludes halogenated alkanes) is 1. The molecule has 0 aromatic heterocycles. The van der Waals surface area contributed by atoms with E-state index in [1.54, 1.807) is 6.92 Å². The van der Waals surface area contributed by atoms with Gasteiger partial charge in [-0.25, -0.2) is 0 Å². The van der Waals surface area contributed by atoms with Crippen molar-refractivity contribution in [1.29, 1.82) is 0 Å². The molecule has 1 unspecified atom stereocenters. The average Bonchev–Trinajstić information content (AvgIpc) is 2.00. The van der Waals surface area contributed by atoms with Crippen molar-refractivity contribution in [1.82, 2.24) is 0 Å². The zero-order valence-corrected chi connectivity index (χ0v) is 8.47. The van der Waals surface area contributed by atoms with Crippen LogP contribution >= 0.6 is 0 Å². The van der Waals surface area contributed by atoms with E-state index in [2.05, 4.69) is 19.9 Å². The van der Waals surface area contributed by atoms with Crippen LogP contribution in [0.15, 0.2) is 12.2 Å². The minimum Gasteiger partial charge on any atom is -0.300 e. The quantitative estimate of drug-likeness (QED) is 0.556. The highest BCUT2D eigenvalue weighted by molar-refractivity contribution is 5.76. The van der Waals surface area contributed by atoms with Gasteiger partial charge in [0.25, 0.3) is 0 Å². The zero-order chi connectivity index (χ0) is 9.40. The lowest BCUT2D eigenvalue weighted by Gasteiger charge is -2.02. The normalized spacial score (nSPS) is 13.6. The summed E-state index contributed by atoms with van der Waals surface area (Å²) in [7, 11) is 0. The average molecular weight is 168 g/mol. The van der Waals surface area contributed by atoms with E-state index in [0.717, 1.165) is 0 Å². The Kier molecular flexibility index (Phi) is 6.73. The first kappa shape index (κ1) is 11.4. The number of carbonyl (C=O) groups excluding carboxylic acids is 1. The smallest absolute Gasteiger partial charge is 0.133 e. The van der Waals surface area contributed by atoms with Gasteiger partial charge in [0.15, 0.2) is 0 Å². The summed E-state index contributed by atoms with van der Waals surface area (Å²) >= 11 is 0. The monoisotopic (exact) mass is 168 g/mol. The number of ketones is 1. The number of carbonyl (C=O) groups is 1. The van der Waals surface area contributed by atoms with Crippen LogP contribution in [0.4, 0.5) is 0 Å². The minimum atomic E-state index is 0.244. The van der Waals surface area contributed by atoms with Crippen molar-refractivity contribution in [2.75, 3.05) is 0 Å². The maximum Gasteiger partial charge on any atom is 0.133 e. The summed E-state index contributed by atoms with van der Waals surface area (Å²) in [5, 5.41) is 0. The molecule has 0 aliphatic rings. The first-order valence-electron chi connectivity index (χ1n) is 4.83. The highest BCUT2D eigenvalue weighted by atomic mass is 16.1. The highest BCUT2D eigenvalue weighted by Crippen LogP contribution is 2.08. The molecule has 0 saturated carbocycles. The molecule has 0 aliphatic carbocycles. The van der Waals surface area contributed by atoms with E-state index in [9.17, 15) is 4.79 Å². The largest absolute Gasteiger partial charge is 0.300 e. The van der Waals surface area contributed by atoms with E-state index >= 15 is 0 Å². The molecule has 0 heterocycles. The van der Waals surface area contributed by atoms with E-state index in [1.807, 2.05) is 6.08 Å². The van der Waals surface area contributed by atoms with E-state index in [1.165, 1.54) is 19.3 Å². The third-order valence-corrected chi connectivity index (χ3v) is 1.88. The number of rotatable bonds is 6. The van der Waals surface area contributed by atoms with Crippen LogP contribution in [0.1, 0.15) is 46.5 Å². The molecule has 0 spiro atoms. The first-order chi connectivity index (χ1) is 5.66. The Bertz CT molecular complexity index is 147. The molecule has 1 heteroatoms. The molecular formula is C11H20O. The van der Waals surface area contributed by atoms with Gasteiger partial charge in [-0.1, -0.05) is 38.8 Å². The van der Waals surface area contributed by atoms with Gasteiger partial charge in [-0.15, -0.1) is 0 Å². The van der Waals surface area contributed by atoms with Crippen LogP contribution in [0, 0.1) is 5.92 Å². The summed E-state index contributed by atoms with van der Waals surface area (Å²) in [6, 6.07) is 0. The summed E-state index contributed by atoms with van der Waals surface area (Å²) in [4.78, 5) is 10.6. The van der Waals surface area contributed by atoms with Gasteiger partial charge in [0, 0.05) is 6.42 Å². The van der Waals surface area contributed by atoms with Crippen LogP contribution in [0.2, 0.25) is 0 Å². The van der Waals surface area contributed by atoms with Crippen molar-refractivity contribution in [3.8, 4) is 0 Å². The van der Waals surface area contributed by atoms with Crippen LogP contribution in [-0.4, -0.2) is 5.78 Å². The Balaban J connectivity index is 3.46. The molecule has 0 saturated heterocycles. The third kappa shape index (κ3) is 7.52. The maximum atomic E-state index is 10.6. The molecule has 0 N–H and O–H groups in total. The summed E-state index contributed by atoms with van der Waals surface area (Å²) in [6.07, 6.45) is 8.51.